The molecule has 1 atom stereocenters. The number of nitrogens with zero attached hydrogens (tertiary/aromatic N) is 1. The molecule has 0 radical (unpaired) electrons. The van der Waals surface area contributed by atoms with Crippen LogP contribution in [0.4, 0.5) is 0 Å². The highest BCUT2D eigenvalue weighted by Crippen LogP contribution is 2.21. The van der Waals surface area contributed by atoms with Crippen LogP contribution in [0.5, 0.6) is 0 Å². The van der Waals surface area contributed by atoms with Crippen LogP contribution in [-0.2, 0) is 9.84 Å². The lowest BCUT2D eigenvalue weighted by Gasteiger charge is -2.12. The van der Waals surface area contributed by atoms with Gasteiger partial charge in [-0.05, 0) is 32.2 Å². The number of sulfone groups is 1. The van der Waals surface area contributed by atoms with Crippen molar-refractivity contribution in [1.29, 1.82) is 0 Å². The molecule has 0 aliphatic heterocycles. The first-order chi connectivity index (χ1) is 8.02. The van der Waals surface area contributed by atoms with E-state index in [4.69, 9.17) is 0 Å². The lowest BCUT2D eigenvalue weighted by molar-refractivity contribution is 0.568. The summed E-state index contributed by atoms with van der Waals surface area (Å²) >= 11 is 0. The number of aliphatic imine (C=N–C) groups is 1. The molecule has 0 heterocycles. The highest BCUT2D eigenvalue weighted by atomic mass is 32.2. The Labute approximate surface area is 104 Å². The van der Waals surface area contributed by atoms with Gasteiger partial charge in [0.2, 0.25) is 9.84 Å². The van der Waals surface area contributed by atoms with Crippen molar-refractivity contribution >= 4 is 16.6 Å². The third-order valence-electron chi connectivity index (χ3n) is 2.72. The molecule has 3 nitrogen and oxygen atoms in total. The summed E-state index contributed by atoms with van der Waals surface area (Å²) in [4.78, 5) is 4.09. The molecule has 0 aliphatic rings. The van der Waals surface area contributed by atoms with Crippen LogP contribution in [0.3, 0.4) is 0 Å². The molecule has 94 valence electrons. The van der Waals surface area contributed by atoms with Gasteiger partial charge < -0.3 is 0 Å². The Kier molecular flexibility index (Phi) is 4.87. The molecule has 1 unspecified atom stereocenters. The van der Waals surface area contributed by atoms with Gasteiger partial charge in [0, 0.05) is 0 Å². The number of unbranched alkanes of at least 4 members (excludes halogenated alkanes) is 1. The third kappa shape index (κ3) is 3.40. The van der Waals surface area contributed by atoms with Crippen LogP contribution in [0.1, 0.15) is 31.7 Å². The van der Waals surface area contributed by atoms with Gasteiger partial charge in [-0.2, -0.15) is 0 Å². The summed E-state index contributed by atoms with van der Waals surface area (Å²) in [5, 5.41) is -0.717. The van der Waals surface area contributed by atoms with Crippen LogP contribution in [0.2, 0.25) is 0 Å². The van der Waals surface area contributed by atoms with Gasteiger partial charge in [0.25, 0.3) is 0 Å². The van der Waals surface area contributed by atoms with E-state index in [1.54, 1.807) is 24.3 Å². The van der Waals surface area contributed by atoms with Crippen LogP contribution in [0.15, 0.2) is 34.2 Å². The molecule has 0 bridgehead atoms. The number of hydrogen-bond donors (Lipinski definition) is 0. The van der Waals surface area contributed by atoms with Gasteiger partial charge in [0.05, 0.1) is 4.90 Å². The maximum Gasteiger partial charge on any atom is 0.201 e. The van der Waals surface area contributed by atoms with Gasteiger partial charge in [-0.25, -0.2) is 8.42 Å². The Hall–Kier alpha value is -1.16. The van der Waals surface area contributed by atoms with Gasteiger partial charge in [-0.3, -0.25) is 4.99 Å². The molecule has 0 amide bonds. The lowest BCUT2D eigenvalue weighted by Crippen LogP contribution is -2.19. The maximum absolute atomic E-state index is 12.2. The van der Waals surface area contributed by atoms with Crippen molar-refractivity contribution < 1.29 is 8.42 Å². The van der Waals surface area contributed by atoms with Crippen molar-refractivity contribution in [3.8, 4) is 0 Å². The summed E-state index contributed by atoms with van der Waals surface area (Å²) in [6.07, 6.45) is 2.33. The minimum absolute atomic E-state index is 0.330. The molecule has 1 aromatic carbocycles. The zero-order valence-corrected chi connectivity index (χ0v) is 11.2. The second-order valence-electron chi connectivity index (χ2n) is 4.14. The molecule has 1 aromatic rings. The Balaban J connectivity index is 2.99. The molecule has 0 aromatic heterocycles. The molecule has 17 heavy (non-hydrogen) atoms. The molecular formula is C13H19NO2S. The summed E-state index contributed by atoms with van der Waals surface area (Å²) in [5.41, 5.74) is 1.04. The minimum atomic E-state index is -3.37. The van der Waals surface area contributed by atoms with Crippen molar-refractivity contribution in [2.45, 2.75) is 43.4 Å². The van der Waals surface area contributed by atoms with E-state index in [0.29, 0.717) is 11.3 Å². The van der Waals surface area contributed by atoms with Gasteiger partial charge in [-0.15, -0.1) is 0 Å². The van der Waals surface area contributed by atoms with Crippen molar-refractivity contribution in [3.05, 3.63) is 29.8 Å². The molecule has 0 N–H and O–H groups in total. The number of aryl methyl sites for hydroxylation is 1. The molecule has 0 saturated heterocycles. The zero-order valence-electron chi connectivity index (χ0n) is 10.4. The molecular weight excluding hydrogens is 234 g/mol. The third-order valence-corrected chi connectivity index (χ3v) is 4.75. The van der Waals surface area contributed by atoms with E-state index in [1.807, 2.05) is 13.8 Å². The number of hydrogen-bond acceptors (Lipinski definition) is 3. The molecule has 1 rings (SSSR count). The molecule has 0 spiro atoms. The summed E-state index contributed by atoms with van der Waals surface area (Å²) in [5.74, 6) is 0. The Bertz CT molecular complexity index is 463. The predicted octanol–water partition coefficient (Wildman–Crippen LogP) is 2.99. The largest absolute Gasteiger partial charge is 0.281 e. The maximum atomic E-state index is 12.2. The first kappa shape index (κ1) is 13.9. The lowest BCUT2D eigenvalue weighted by atomic mass is 10.2. The summed E-state index contributed by atoms with van der Waals surface area (Å²) < 4.78 is 24.5. The van der Waals surface area contributed by atoms with E-state index >= 15 is 0 Å². The van der Waals surface area contributed by atoms with Gasteiger partial charge >= 0.3 is 0 Å². The molecule has 4 heteroatoms. The van der Waals surface area contributed by atoms with E-state index in [1.165, 1.54) is 0 Å². The summed E-state index contributed by atoms with van der Waals surface area (Å²) in [7, 11) is -3.37. The average molecular weight is 253 g/mol. The Morgan fingerprint density at radius 3 is 2.35 bits per heavy atom. The second kappa shape index (κ2) is 5.96. The van der Waals surface area contributed by atoms with Crippen LogP contribution in [0.25, 0.3) is 0 Å². The van der Waals surface area contributed by atoms with Gasteiger partial charge in [-0.1, -0.05) is 37.5 Å². The average Bonchev–Trinajstić information content (AvgIpc) is 2.30. The van der Waals surface area contributed by atoms with Crippen molar-refractivity contribution in [2.75, 3.05) is 0 Å². The fourth-order valence-corrected chi connectivity index (χ4v) is 3.11. The van der Waals surface area contributed by atoms with Crippen LogP contribution in [0, 0.1) is 6.92 Å². The van der Waals surface area contributed by atoms with E-state index in [9.17, 15) is 8.42 Å². The van der Waals surface area contributed by atoms with Crippen LogP contribution >= 0.6 is 0 Å². The van der Waals surface area contributed by atoms with E-state index in [-0.39, 0.29) is 0 Å². The Morgan fingerprint density at radius 1 is 1.29 bits per heavy atom. The fourth-order valence-electron chi connectivity index (χ4n) is 1.61. The standard InChI is InChI=1S/C13H19NO2S/c1-4-5-6-13(14-3)17(15,16)12-9-7-11(2)8-10-12/h7-10,13H,3-6H2,1-2H3. The summed E-state index contributed by atoms with van der Waals surface area (Å²) in [6, 6.07) is 6.86. The van der Waals surface area contributed by atoms with Crippen molar-refractivity contribution in [2.24, 2.45) is 4.99 Å². The molecule has 0 saturated carbocycles. The SMILES string of the molecule is C=NC(CCCC)S(=O)(=O)c1ccc(C)cc1. The number of rotatable bonds is 6. The number of benzene rings is 1. The predicted molar refractivity (Wildman–Crippen MR) is 71.2 cm³/mol. The molecule has 0 fully saturated rings. The van der Waals surface area contributed by atoms with Gasteiger partial charge in [0.1, 0.15) is 0 Å². The smallest absolute Gasteiger partial charge is 0.201 e. The van der Waals surface area contributed by atoms with Crippen molar-refractivity contribution in [3.63, 3.8) is 0 Å². The highest BCUT2D eigenvalue weighted by molar-refractivity contribution is 7.92. The monoisotopic (exact) mass is 253 g/mol. The van der Waals surface area contributed by atoms with E-state index in [2.05, 4.69) is 11.7 Å². The molecule has 0 aliphatic carbocycles. The van der Waals surface area contributed by atoms with Gasteiger partial charge in [0.15, 0.2) is 5.37 Å². The minimum Gasteiger partial charge on any atom is -0.281 e. The highest BCUT2D eigenvalue weighted by Gasteiger charge is 2.25. The van der Waals surface area contributed by atoms with Crippen molar-refractivity contribution in [1.82, 2.24) is 0 Å². The quantitative estimate of drug-likeness (QED) is 0.732. The zero-order chi connectivity index (χ0) is 12.9. The fraction of sp³-hybridized carbons (Fsp3) is 0.462. The normalized spacial score (nSPS) is 13.3. The summed E-state index contributed by atoms with van der Waals surface area (Å²) in [6.45, 7) is 7.35. The second-order valence-corrected chi connectivity index (χ2v) is 6.24. The van der Waals surface area contributed by atoms with Crippen LogP contribution in [-0.4, -0.2) is 20.5 Å². The first-order valence-electron chi connectivity index (χ1n) is 5.78. The Morgan fingerprint density at radius 2 is 1.88 bits per heavy atom. The van der Waals surface area contributed by atoms with Crippen LogP contribution < -0.4 is 0 Å². The van der Waals surface area contributed by atoms with E-state index < -0.39 is 15.2 Å². The first-order valence-corrected chi connectivity index (χ1v) is 7.33. The van der Waals surface area contributed by atoms with E-state index in [0.717, 1.165) is 18.4 Å². The topological polar surface area (TPSA) is 46.5 Å².